The van der Waals surface area contributed by atoms with E-state index in [1.807, 2.05) is 19.1 Å². The molecular weight excluding hydrogens is 432 g/mol. The summed E-state index contributed by atoms with van der Waals surface area (Å²) in [6.45, 7) is 2.14. The van der Waals surface area contributed by atoms with E-state index in [1.54, 1.807) is 24.3 Å². The summed E-state index contributed by atoms with van der Waals surface area (Å²) in [4.78, 5) is 53.7. The molecule has 3 aromatic rings. The standard InChI is InChI=1S/C23H19ClN4O4/c1-11-2-5-16-15(20(11)24)9-17(26-16)21(30)25-13-3-4-14-12(8-13)10-28(23(14)32)18-6-7-19(29)27-22(18)31/h2-5,8-9,18,26H,6-7,10H2,1H3,(H,25,30)(H,27,29,31). The first kappa shape index (κ1) is 20.3. The molecule has 1 saturated heterocycles. The molecule has 0 radical (unpaired) electrons. The van der Waals surface area contributed by atoms with Crippen LogP contribution in [-0.2, 0) is 16.1 Å². The van der Waals surface area contributed by atoms with Crippen LogP contribution in [-0.4, -0.2) is 39.6 Å². The third-order valence-corrected chi connectivity index (χ3v) is 6.46. The second-order valence-corrected chi connectivity index (χ2v) is 8.44. The number of aromatic nitrogens is 1. The predicted molar refractivity (Wildman–Crippen MR) is 118 cm³/mol. The van der Waals surface area contributed by atoms with Crippen LogP contribution in [0.4, 0.5) is 5.69 Å². The highest BCUT2D eigenvalue weighted by Gasteiger charge is 2.39. The number of H-pyrrole nitrogens is 1. The maximum absolute atomic E-state index is 12.8. The van der Waals surface area contributed by atoms with Crippen LogP contribution in [0.5, 0.6) is 0 Å². The summed E-state index contributed by atoms with van der Waals surface area (Å²) in [5, 5.41) is 6.50. The average molecular weight is 451 g/mol. The maximum atomic E-state index is 12.8. The van der Waals surface area contributed by atoms with Gasteiger partial charge < -0.3 is 15.2 Å². The number of amides is 4. The van der Waals surface area contributed by atoms with Crippen LogP contribution < -0.4 is 10.6 Å². The number of imide groups is 1. The van der Waals surface area contributed by atoms with Crippen molar-refractivity contribution in [2.45, 2.75) is 32.4 Å². The fourth-order valence-corrected chi connectivity index (χ4v) is 4.47. The van der Waals surface area contributed by atoms with Crippen LogP contribution in [0.15, 0.2) is 36.4 Å². The van der Waals surface area contributed by atoms with Crippen molar-refractivity contribution in [3.8, 4) is 0 Å². The van der Waals surface area contributed by atoms with Crippen molar-refractivity contribution in [3.05, 3.63) is 63.8 Å². The molecule has 0 saturated carbocycles. The van der Waals surface area contributed by atoms with Crippen LogP contribution in [0.25, 0.3) is 10.9 Å². The highest BCUT2D eigenvalue weighted by molar-refractivity contribution is 6.36. The van der Waals surface area contributed by atoms with Crippen LogP contribution in [0, 0.1) is 6.92 Å². The number of aromatic amines is 1. The number of halogens is 1. The van der Waals surface area contributed by atoms with Gasteiger partial charge in [0.1, 0.15) is 11.7 Å². The summed E-state index contributed by atoms with van der Waals surface area (Å²) >= 11 is 6.34. The van der Waals surface area contributed by atoms with Crippen LogP contribution in [0.2, 0.25) is 5.02 Å². The highest BCUT2D eigenvalue weighted by Crippen LogP contribution is 2.30. The molecule has 5 rings (SSSR count). The number of benzene rings is 2. The average Bonchev–Trinajstić information content (AvgIpc) is 3.33. The lowest BCUT2D eigenvalue weighted by Crippen LogP contribution is -2.52. The Morgan fingerprint density at radius 2 is 1.97 bits per heavy atom. The summed E-state index contributed by atoms with van der Waals surface area (Å²) in [5.74, 6) is -1.37. The van der Waals surface area contributed by atoms with Crippen molar-refractivity contribution in [3.63, 3.8) is 0 Å². The van der Waals surface area contributed by atoms with E-state index in [4.69, 9.17) is 11.6 Å². The molecule has 4 amide bonds. The molecule has 2 aliphatic heterocycles. The number of aryl methyl sites for hydroxylation is 1. The van der Waals surface area contributed by atoms with Gasteiger partial charge in [0.05, 0.1) is 5.02 Å². The number of carbonyl (C=O) groups is 4. The molecular formula is C23H19ClN4O4. The summed E-state index contributed by atoms with van der Waals surface area (Å²) in [7, 11) is 0. The van der Waals surface area contributed by atoms with Gasteiger partial charge in [0.2, 0.25) is 11.8 Å². The summed E-state index contributed by atoms with van der Waals surface area (Å²) in [5.41, 5.74) is 3.80. The van der Waals surface area contributed by atoms with Gasteiger partial charge in [0, 0.05) is 35.1 Å². The summed E-state index contributed by atoms with van der Waals surface area (Å²) < 4.78 is 0. The largest absolute Gasteiger partial charge is 0.350 e. The fourth-order valence-electron chi connectivity index (χ4n) is 4.25. The lowest BCUT2D eigenvalue weighted by Gasteiger charge is -2.29. The van der Waals surface area contributed by atoms with Gasteiger partial charge in [-0.05, 0) is 54.8 Å². The van der Waals surface area contributed by atoms with Crippen LogP contribution in [0.3, 0.4) is 0 Å². The molecule has 1 fully saturated rings. The van der Waals surface area contributed by atoms with Crippen LogP contribution >= 0.6 is 11.6 Å². The van der Waals surface area contributed by atoms with Gasteiger partial charge in [-0.25, -0.2) is 0 Å². The Balaban J connectivity index is 1.35. The SMILES string of the molecule is Cc1ccc2[nH]c(C(=O)Nc3ccc4c(c3)CN(C3CCC(=O)NC3=O)C4=O)cc2c1Cl. The van der Waals surface area contributed by atoms with E-state index in [2.05, 4.69) is 15.6 Å². The van der Waals surface area contributed by atoms with Crippen molar-refractivity contribution in [1.29, 1.82) is 0 Å². The number of nitrogens with zero attached hydrogens (tertiary/aromatic N) is 1. The number of piperidine rings is 1. The maximum Gasteiger partial charge on any atom is 0.272 e. The van der Waals surface area contributed by atoms with Gasteiger partial charge in [0.25, 0.3) is 11.8 Å². The van der Waals surface area contributed by atoms with Crippen molar-refractivity contribution in [2.24, 2.45) is 0 Å². The van der Waals surface area contributed by atoms with Gasteiger partial charge in [-0.2, -0.15) is 0 Å². The predicted octanol–water partition coefficient (Wildman–Crippen LogP) is 3.14. The van der Waals surface area contributed by atoms with Crippen LogP contribution in [0.1, 0.15) is 44.8 Å². The smallest absolute Gasteiger partial charge is 0.272 e. The Bertz CT molecular complexity index is 1330. The minimum atomic E-state index is -0.676. The Labute approximate surface area is 187 Å². The Morgan fingerprint density at radius 3 is 2.75 bits per heavy atom. The quantitative estimate of drug-likeness (QED) is 0.532. The molecule has 1 unspecified atom stereocenters. The van der Waals surface area contributed by atoms with Crippen molar-refractivity contribution < 1.29 is 19.2 Å². The molecule has 1 atom stereocenters. The van der Waals surface area contributed by atoms with Gasteiger partial charge >= 0.3 is 0 Å². The second-order valence-electron chi connectivity index (χ2n) is 8.07. The number of fused-ring (bicyclic) bond motifs is 2. The molecule has 32 heavy (non-hydrogen) atoms. The molecule has 2 aromatic carbocycles. The third-order valence-electron chi connectivity index (χ3n) is 5.96. The molecule has 9 heteroatoms. The van der Waals surface area contributed by atoms with E-state index < -0.39 is 11.9 Å². The zero-order valence-electron chi connectivity index (χ0n) is 17.1. The summed E-state index contributed by atoms with van der Waals surface area (Å²) in [6.07, 6.45) is 0.502. The van der Waals surface area contributed by atoms with Crippen molar-refractivity contribution in [2.75, 3.05) is 5.32 Å². The lowest BCUT2D eigenvalue weighted by molar-refractivity contribution is -0.136. The van der Waals surface area contributed by atoms with E-state index in [9.17, 15) is 19.2 Å². The normalized spacial score (nSPS) is 18.1. The van der Waals surface area contributed by atoms with E-state index in [-0.39, 0.29) is 30.7 Å². The van der Waals surface area contributed by atoms with E-state index in [0.717, 1.165) is 16.5 Å². The van der Waals surface area contributed by atoms with Gasteiger partial charge in [0.15, 0.2) is 0 Å². The topological polar surface area (TPSA) is 111 Å². The number of anilines is 1. The Morgan fingerprint density at radius 1 is 1.16 bits per heavy atom. The second kappa shape index (κ2) is 7.49. The molecule has 1 aromatic heterocycles. The first-order valence-electron chi connectivity index (χ1n) is 10.2. The molecule has 0 spiro atoms. The molecule has 2 aliphatic rings. The van der Waals surface area contributed by atoms with Gasteiger partial charge in [-0.15, -0.1) is 0 Å². The molecule has 162 valence electrons. The van der Waals surface area contributed by atoms with E-state index in [1.165, 1.54) is 4.90 Å². The third kappa shape index (κ3) is 3.33. The molecule has 0 bridgehead atoms. The lowest BCUT2D eigenvalue weighted by atomic mass is 10.0. The number of nitrogens with one attached hydrogen (secondary N) is 3. The number of hydrogen-bond donors (Lipinski definition) is 3. The van der Waals surface area contributed by atoms with E-state index >= 15 is 0 Å². The number of rotatable bonds is 3. The van der Waals surface area contributed by atoms with E-state index in [0.29, 0.717) is 34.0 Å². The Hall–Kier alpha value is -3.65. The molecule has 8 nitrogen and oxygen atoms in total. The minimum absolute atomic E-state index is 0.200. The highest BCUT2D eigenvalue weighted by atomic mass is 35.5. The monoisotopic (exact) mass is 450 g/mol. The molecule has 0 aliphatic carbocycles. The minimum Gasteiger partial charge on any atom is -0.350 e. The van der Waals surface area contributed by atoms with Gasteiger partial charge in [-0.1, -0.05) is 17.7 Å². The zero-order chi connectivity index (χ0) is 22.6. The summed E-state index contributed by atoms with van der Waals surface area (Å²) in [6, 6.07) is 9.82. The number of hydrogen-bond acceptors (Lipinski definition) is 4. The van der Waals surface area contributed by atoms with Crippen molar-refractivity contribution in [1.82, 2.24) is 15.2 Å². The van der Waals surface area contributed by atoms with Crippen molar-refractivity contribution >= 4 is 51.8 Å². The zero-order valence-corrected chi connectivity index (χ0v) is 17.9. The Kier molecular flexibility index (Phi) is 4.74. The van der Waals surface area contributed by atoms with Gasteiger partial charge in [-0.3, -0.25) is 24.5 Å². The molecule has 3 heterocycles. The fraction of sp³-hybridized carbons (Fsp3) is 0.217. The first-order chi connectivity index (χ1) is 15.3. The number of carbonyl (C=O) groups excluding carboxylic acids is 4. The molecule has 3 N–H and O–H groups in total. The first-order valence-corrected chi connectivity index (χ1v) is 10.6.